The third-order valence-corrected chi connectivity index (χ3v) is 6.86. The van der Waals surface area contributed by atoms with E-state index in [-0.39, 0.29) is 19.5 Å². The molecule has 1 amide bonds. The molecule has 0 radical (unpaired) electrons. The SMILES string of the molecule is COCOc1cc(Nc2c(C)cnn2Cc2ccc(OC)cc2)c(C(=O)N2Cc3ccccc3C2)c(OCOC)c1. The summed E-state index contributed by atoms with van der Waals surface area (Å²) in [6.45, 7) is 3.49. The maximum atomic E-state index is 14.2. The van der Waals surface area contributed by atoms with Crippen molar-refractivity contribution in [3.8, 4) is 17.2 Å². The third-order valence-electron chi connectivity index (χ3n) is 6.86. The van der Waals surface area contributed by atoms with Crippen molar-refractivity contribution in [3.63, 3.8) is 0 Å². The normalized spacial score (nSPS) is 12.2. The van der Waals surface area contributed by atoms with Gasteiger partial charge in [-0.3, -0.25) is 4.79 Å². The lowest BCUT2D eigenvalue weighted by molar-refractivity contribution is 0.0450. The van der Waals surface area contributed by atoms with Crippen LogP contribution in [0, 0.1) is 6.92 Å². The van der Waals surface area contributed by atoms with Crippen molar-refractivity contribution in [1.82, 2.24) is 14.7 Å². The van der Waals surface area contributed by atoms with E-state index in [4.69, 9.17) is 23.7 Å². The summed E-state index contributed by atoms with van der Waals surface area (Å²) in [4.78, 5) is 16.0. The standard InChI is InChI=1S/C31H34N4O6/c1-21-15-32-35(16-22-9-11-25(39-4)12-10-22)30(21)33-27-13-26(40-19-37-2)14-28(41-20-38-3)29(27)31(36)34-17-23-7-5-6-8-24(23)18-34/h5-15,33H,16-20H2,1-4H3. The quantitative estimate of drug-likeness (QED) is 0.240. The number of nitrogens with one attached hydrogen (secondary N) is 1. The van der Waals surface area contributed by atoms with Gasteiger partial charge in [0.25, 0.3) is 5.91 Å². The molecule has 0 aliphatic carbocycles. The Bertz CT molecular complexity index is 1480. The van der Waals surface area contributed by atoms with Crippen LogP contribution in [0.5, 0.6) is 17.2 Å². The van der Waals surface area contributed by atoms with Crippen LogP contribution in [0.4, 0.5) is 11.5 Å². The highest BCUT2D eigenvalue weighted by molar-refractivity contribution is 6.03. The number of fused-ring (bicyclic) bond motifs is 1. The van der Waals surface area contributed by atoms with Crippen LogP contribution in [0.3, 0.4) is 0 Å². The minimum Gasteiger partial charge on any atom is -0.497 e. The van der Waals surface area contributed by atoms with Crippen molar-refractivity contribution in [2.45, 2.75) is 26.6 Å². The van der Waals surface area contributed by atoms with E-state index >= 15 is 0 Å². The summed E-state index contributed by atoms with van der Waals surface area (Å²) in [5.74, 6) is 2.16. The number of benzene rings is 3. The minimum absolute atomic E-state index is 0.0340. The molecule has 5 rings (SSSR count). The van der Waals surface area contributed by atoms with E-state index in [1.165, 1.54) is 7.11 Å². The molecule has 3 aromatic carbocycles. The fourth-order valence-electron chi connectivity index (χ4n) is 4.78. The fourth-order valence-corrected chi connectivity index (χ4v) is 4.78. The molecule has 0 saturated carbocycles. The molecule has 1 aliphatic rings. The van der Waals surface area contributed by atoms with Gasteiger partial charge in [-0.05, 0) is 35.7 Å². The van der Waals surface area contributed by atoms with Gasteiger partial charge in [0.05, 0.1) is 25.5 Å². The average molecular weight is 559 g/mol. The van der Waals surface area contributed by atoms with Crippen molar-refractivity contribution < 1.29 is 28.5 Å². The molecule has 1 aliphatic heterocycles. The predicted octanol–water partition coefficient (Wildman–Crippen LogP) is 5.11. The second-order valence-corrected chi connectivity index (χ2v) is 9.68. The minimum atomic E-state index is -0.174. The maximum absolute atomic E-state index is 14.2. The van der Waals surface area contributed by atoms with Crippen LogP contribution in [0.2, 0.25) is 0 Å². The van der Waals surface area contributed by atoms with Gasteiger partial charge in [-0.25, -0.2) is 4.68 Å². The number of nitrogens with zero attached hydrogens (tertiary/aromatic N) is 3. The topological polar surface area (TPSA) is 96.3 Å². The third kappa shape index (κ3) is 6.29. The van der Waals surface area contributed by atoms with E-state index in [0.717, 1.165) is 33.8 Å². The van der Waals surface area contributed by atoms with Gasteiger partial charge in [0, 0.05) is 45.0 Å². The molecule has 214 valence electrons. The van der Waals surface area contributed by atoms with Crippen LogP contribution in [0.25, 0.3) is 0 Å². The zero-order valence-corrected chi connectivity index (χ0v) is 23.7. The van der Waals surface area contributed by atoms with Gasteiger partial charge in [0.15, 0.2) is 13.6 Å². The number of aryl methyl sites for hydroxylation is 1. The number of carbonyl (C=O) groups is 1. The molecule has 1 aromatic heterocycles. The second-order valence-electron chi connectivity index (χ2n) is 9.68. The van der Waals surface area contributed by atoms with Crippen LogP contribution in [0.15, 0.2) is 66.9 Å². The molecule has 0 unspecified atom stereocenters. The summed E-state index contributed by atoms with van der Waals surface area (Å²) in [7, 11) is 4.72. The van der Waals surface area contributed by atoms with E-state index in [2.05, 4.69) is 10.4 Å². The lowest BCUT2D eigenvalue weighted by Crippen LogP contribution is -2.27. The first-order valence-corrected chi connectivity index (χ1v) is 13.2. The Morgan fingerprint density at radius 1 is 0.902 bits per heavy atom. The Hall–Kier alpha value is -4.54. The zero-order valence-electron chi connectivity index (χ0n) is 23.7. The van der Waals surface area contributed by atoms with Crippen molar-refractivity contribution in [1.29, 1.82) is 0 Å². The van der Waals surface area contributed by atoms with E-state index in [1.54, 1.807) is 32.5 Å². The Kier molecular flexibility index (Phi) is 8.71. The van der Waals surface area contributed by atoms with Gasteiger partial charge in [0.2, 0.25) is 0 Å². The Morgan fingerprint density at radius 3 is 2.24 bits per heavy atom. The van der Waals surface area contributed by atoms with Crippen LogP contribution in [-0.2, 0) is 29.1 Å². The second kappa shape index (κ2) is 12.8. The summed E-state index contributed by atoms with van der Waals surface area (Å²) in [5, 5.41) is 8.08. The molecule has 1 N–H and O–H groups in total. The number of ether oxygens (including phenoxy) is 5. The predicted molar refractivity (Wildman–Crippen MR) is 154 cm³/mol. The number of anilines is 2. The number of carbonyl (C=O) groups excluding carboxylic acids is 1. The molecule has 10 heteroatoms. The van der Waals surface area contributed by atoms with Crippen LogP contribution >= 0.6 is 0 Å². The highest BCUT2D eigenvalue weighted by atomic mass is 16.7. The zero-order chi connectivity index (χ0) is 28.8. The largest absolute Gasteiger partial charge is 0.497 e. The first-order valence-electron chi connectivity index (χ1n) is 13.2. The maximum Gasteiger partial charge on any atom is 0.260 e. The highest BCUT2D eigenvalue weighted by Gasteiger charge is 2.30. The van der Waals surface area contributed by atoms with Gasteiger partial charge >= 0.3 is 0 Å². The Balaban J connectivity index is 1.53. The first-order chi connectivity index (χ1) is 20.0. The number of amides is 1. The van der Waals surface area contributed by atoms with Crippen molar-refractivity contribution >= 4 is 17.4 Å². The van der Waals surface area contributed by atoms with Gasteiger partial charge < -0.3 is 33.9 Å². The summed E-state index contributed by atoms with van der Waals surface area (Å²) in [6.07, 6.45) is 1.79. The van der Waals surface area contributed by atoms with E-state index in [0.29, 0.717) is 42.4 Å². The van der Waals surface area contributed by atoms with Gasteiger partial charge in [0.1, 0.15) is 28.6 Å². The van der Waals surface area contributed by atoms with E-state index < -0.39 is 0 Å². The fraction of sp³-hybridized carbons (Fsp3) is 0.290. The van der Waals surface area contributed by atoms with Crippen molar-refractivity contribution in [2.75, 3.05) is 40.2 Å². The summed E-state index contributed by atoms with van der Waals surface area (Å²) >= 11 is 0. The van der Waals surface area contributed by atoms with Gasteiger partial charge in [-0.2, -0.15) is 5.10 Å². The van der Waals surface area contributed by atoms with Crippen molar-refractivity contribution in [2.24, 2.45) is 0 Å². The van der Waals surface area contributed by atoms with Gasteiger partial charge in [-0.1, -0.05) is 36.4 Å². The molecule has 4 aromatic rings. The Labute approximate surface area is 239 Å². The molecule has 0 atom stereocenters. The van der Waals surface area contributed by atoms with Crippen molar-refractivity contribution in [3.05, 3.63) is 94.7 Å². The Morgan fingerprint density at radius 2 is 1.59 bits per heavy atom. The number of hydrogen-bond acceptors (Lipinski definition) is 8. The summed E-state index contributed by atoms with van der Waals surface area (Å²) in [6, 6.07) is 19.4. The smallest absolute Gasteiger partial charge is 0.260 e. The molecule has 10 nitrogen and oxygen atoms in total. The first kappa shape index (κ1) is 28.0. The lowest BCUT2D eigenvalue weighted by atomic mass is 10.1. The van der Waals surface area contributed by atoms with Gasteiger partial charge in [-0.15, -0.1) is 0 Å². The van der Waals surface area contributed by atoms with Crippen LogP contribution in [-0.4, -0.2) is 55.5 Å². The average Bonchev–Trinajstić information content (AvgIpc) is 3.58. The number of aromatic nitrogens is 2. The molecule has 0 spiro atoms. The molecule has 0 bridgehead atoms. The molecular weight excluding hydrogens is 524 g/mol. The number of hydrogen-bond donors (Lipinski definition) is 1. The molecule has 2 heterocycles. The van der Waals surface area contributed by atoms with Crippen LogP contribution < -0.4 is 19.5 Å². The number of methoxy groups -OCH3 is 3. The lowest BCUT2D eigenvalue weighted by Gasteiger charge is -2.23. The van der Waals surface area contributed by atoms with E-state index in [9.17, 15) is 4.79 Å². The molecular formula is C31H34N4O6. The molecule has 0 saturated heterocycles. The van der Waals surface area contributed by atoms with Crippen LogP contribution in [0.1, 0.15) is 32.6 Å². The molecule has 41 heavy (non-hydrogen) atoms. The summed E-state index contributed by atoms with van der Waals surface area (Å²) in [5.41, 5.74) is 5.10. The van der Waals surface area contributed by atoms with E-state index in [1.807, 2.05) is 65.0 Å². The highest BCUT2D eigenvalue weighted by Crippen LogP contribution is 2.38. The molecule has 0 fully saturated rings. The monoisotopic (exact) mass is 558 g/mol. The number of rotatable bonds is 12. The summed E-state index contributed by atoms with van der Waals surface area (Å²) < 4.78 is 29.2.